The zero-order valence-corrected chi connectivity index (χ0v) is 12.6. The minimum atomic E-state index is -0.399. The number of hydrogen-bond acceptors (Lipinski definition) is 6. The standard InChI is InChI=1S/C13H16N4O3S/c1-8-11-9(5-7-17(8)20-2)14-13(21-11)16-6-3-4-10(18)15-12(16)19/h5,7-8H,3-4,6H2,1-2H3,(H,15,18,19). The van der Waals surface area contributed by atoms with Gasteiger partial charge in [0.2, 0.25) is 5.91 Å². The molecule has 7 nitrogen and oxygen atoms in total. The molecule has 0 spiro atoms. The molecule has 0 saturated carbocycles. The number of amides is 3. The highest BCUT2D eigenvalue weighted by molar-refractivity contribution is 7.16. The molecule has 1 fully saturated rings. The molecule has 1 aromatic heterocycles. The second kappa shape index (κ2) is 5.45. The van der Waals surface area contributed by atoms with Crippen LogP contribution in [0.3, 0.4) is 0 Å². The number of aromatic nitrogens is 1. The first-order valence-corrected chi connectivity index (χ1v) is 7.54. The van der Waals surface area contributed by atoms with E-state index in [1.807, 2.05) is 19.2 Å². The van der Waals surface area contributed by atoms with E-state index in [0.717, 1.165) is 10.6 Å². The minimum absolute atomic E-state index is 0.0397. The van der Waals surface area contributed by atoms with Crippen molar-refractivity contribution in [3.63, 3.8) is 0 Å². The molecular formula is C13H16N4O3S. The van der Waals surface area contributed by atoms with E-state index in [4.69, 9.17) is 4.84 Å². The third-order valence-corrected chi connectivity index (χ3v) is 4.79. The summed E-state index contributed by atoms with van der Waals surface area (Å²) < 4.78 is 0. The number of nitrogens with zero attached hydrogens (tertiary/aromatic N) is 3. The topological polar surface area (TPSA) is 74.8 Å². The molecule has 0 aliphatic carbocycles. The monoisotopic (exact) mass is 308 g/mol. The largest absolute Gasteiger partial charge is 0.330 e. The molecule has 1 N–H and O–H groups in total. The lowest BCUT2D eigenvalue weighted by Crippen LogP contribution is -2.40. The first-order chi connectivity index (χ1) is 10.1. The Balaban J connectivity index is 1.90. The Morgan fingerprint density at radius 1 is 1.48 bits per heavy atom. The Bertz CT molecular complexity index is 613. The van der Waals surface area contributed by atoms with Gasteiger partial charge in [-0.2, -0.15) is 0 Å². The summed E-state index contributed by atoms with van der Waals surface area (Å²) in [7, 11) is 1.61. The number of carbonyl (C=O) groups excluding carboxylic acids is 2. The molecule has 1 aromatic rings. The van der Waals surface area contributed by atoms with Crippen molar-refractivity contribution in [2.24, 2.45) is 0 Å². The second-order valence-electron chi connectivity index (χ2n) is 4.89. The molecule has 1 saturated heterocycles. The molecule has 2 aliphatic heterocycles. The van der Waals surface area contributed by atoms with Crippen molar-refractivity contribution in [2.75, 3.05) is 18.6 Å². The fraction of sp³-hybridized carbons (Fsp3) is 0.462. The van der Waals surface area contributed by atoms with Crippen LogP contribution >= 0.6 is 11.3 Å². The van der Waals surface area contributed by atoms with Crippen LogP contribution in [0.4, 0.5) is 9.93 Å². The van der Waals surface area contributed by atoms with Crippen molar-refractivity contribution < 1.29 is 14.4 Å². The first-order valence-electron chi connectivity index (χ1n) is 6.73. The van der Waals surface area contributed by atoms with Crippen molar-refractivity contribution in [3.8, 4) is 0 Å². The highest BCUT2D eigenvalue weighted by atomic mass is 32.1. The maximum atomic E-state index is 12.0. The van der Waals surface area contributed by atoms with Gasteiger partial charge in [0.15, 0.2) is 5.13 Å². The maximum absolute atomic E-state index is 12.0. The Morgan fingerprint density at radius 3 is 3.05 bits per heavy atom. The average Bonchev–Trinajstić information content (AvgIpc) is 2.80. The van der Waals surface area contributed by atoms with Crippen molar-refractivity contribution >= 4 is 34.5 Å². The summed E-state index contributed by atoms with van der Waals surface area (Å²) in [6, 6.07) is -0.359. The molecule has 2 aliphatic rings. The predicted octanol–water partition coefficient (Wildman–Crippen LogP) is 1.89. The summed E-state index contributed by atoms with van der Waals surface area (Å²) in [5, 5.41) is 4.71. The van der Waals surface area contributed by atoms with E-state index >= 15 is 0 Å². The van der Waals surface area contributed by atoms with Gasteiger partial charge in [0, 0.05) is 19.2 Å². The fourth-order valence-corrected chi connectivity index (χ4v) is 3.52. The Morgan fingerprint density at radius 2 is 2.29 bits per heavy atom. The third kappa shape index (κ3) is 2.52. The van der Waals surface area contributed by atoms with Crippen LogP contribution in [0.1, 0.15) is 36.4 Å². The summed E-state index contributed by atoms with van der Waals surface area (Å²) in [6.45, 7) is 2.51. The predicted molar refractivity (Wildman–Crippen MR) is 78.5 cm³/mol. The van der Waals surface area contributed by atoms with Gasteiger partial charge in [-0.25, -0.2) is 9.78 Å². The lowest BCUT2D eigenvalue weighted by molar-refractivity contribution is -0.119. The molecule has 21 heavy (non-hydrogen) atoms. The van der Waals surface area contributed by atoms with E-state index < -0.39 is 6.03 Å². The molecule has 0 aromatic carbocycles. The van der Waals surface area contributed by atoms with Crippen LogP contribution in [-0.4, -0.2) is 35.6 Å². The number of imide groups is 1. The van der Waals surface area contributed by atoms with Crippen molar-refractivity contribution in [2.45, 2.75) is 25.8 Å². The van der Waals surface area contributed by atoms with Gasteiger partial charge in [0.05, 0.1) is 23.7 Å². The van der Waals surface area contributed by atoms with Crippen molar-refractivity contribution in [3.05, 3.63) is 16.8 Å². The average molecular weight is 308 g/mol. The smallest absolute Gasteiger partial charge is 0.278 e. The highest BCUT2D eigenvalue weighted by Crippen LogP contribution is 2.37. The van der Waals surface area contributed by atoms with Gasteiger partial charge in [-0.1, -0.05) is 11.3 Å². The van der Waals surface area contributed by atoms with Crippen LogP contribution in [-0.2, 0) is 9.63 Å². The number of carbonyl (C=O) groups is 2. The van der Waals surface area contributed by atoms with Gasteiger partial charge in [0.25, 0.3) is 0 Å². The van der Waals surface area contributed by atoms with E-state index in [0.29, 0.717) is 24.5 Å². The van der Waals surface area contributed by atoms with Gasteiger partial charge in [0.1, 0.15) is 0 Å². The fourth-order valence-electron chi connectivity index (χ4n) is 2.40. The molecule has 3 amide bonds. The number of fused-ring (bicyclic) bond motifs is 1. The van der Waals surface area contributed by atoms with Gasteiger partial charge in [-0.3, -0.25) is 24.9 Å². The highest BCUT2D eigenvalue weighted by Gasteiger charge is 2.29. The van der Waals surface area contributed by atoms with Crippen LogP contribution in [0.25, 0.3) is 6.08 Å². The van der Waals surface area contributed by atoms with Crippen molar-refractivity contribution in [1.82, 2.24) is 15.4 Å². The maximum Gasteiger partial charge on any atom is 0.330 e. The minimum Gasteiger partial charge on any atom is -0.278 e. The van der Waals surface area contributed by atoms with Crippen LogP contribution in [0, 0.1) is 0 Å². The van der Waals surface area contributed by atoms with Crippen LogP contribution in [0.15, 0.2) is 6.20 Å². The number of hydrogen-bond donors (Lipinski definition) is 1. The molecule has 112 valence electrons. The quantitative estimate of drug-likeness (QED) is 0.903. The summed E-state index contributed by atoms with van der Waals surface area (Å²) in [5.74, 6) is -0.234. The van der Waals surface area contributed by atoms with E-state index in [1.165, 1.54) is 16.2 Å². The number of rotatable bonds is 2. The van der Waals surface area contributed by atoms with E-state index in [1.54, 1.807) is 12.2 Å². The molecule has 0 bridgehead atoms. The Kier molecular flexibility index (Phi) is 3.64. The molecule has 8 heteroatoms. The molecule has 3 rings (SSSR count). The molecule has 0 radical (unpaired) electrons. The molecule has 1 unspecified atom stereocenters. The summed E-state index contributed by atoms with van der Waals surface area (Å²) in [5.41, 5.74) is 0.846. The zero-order chi connectivity index (χ0) is 15.0. The summed E-state index contributed by atoms with van der Waals surface area (Å²) >= 11 is 1.45. The number of anilines is 1. The number of thiazole rings is 1. The lowest BCUT2D eigenvalue weighted by Gasteiger charge is -2.26. The first kappa shape index (κ1) is 14.0. The van der Waals surface area contributed by atoms with Gasteiger partial charge in [-0.05, 0) is 19.4 Å². The summed E-state index contributed by atoms with van der Waals surface area (Å²) in [4.78, 5) is 35.8. The molecule has 1 atom stereocenters. The van der Waals surface area contributed by atoms with Gasteiger partial charge >= 0.3 is 6.03 Å². The van der Waals surface area contributed by atoms with E-state index in [2.05, 4.69) is 10.3 Å². The zero-order valence-electron chi connectivity index (χ0n) is 11.8. The number of urea groups is 1. The van der Waals surface area contributed by atoms with E-state index in [-0.39, 0.29) is 11.9 Å². The van der Waals surface area contributed by atoms with Gasteiger partial charge < -0.3 is 0 Å². The SMILES string of the molecule is CON1C=Cc2nc(N3CCCC(=O)NC3=O)sc2C1C. The van der Waals surface area contributed by atoms with E-state index in [9.17, 15) is 9.59 Å². The van der Waals surface area contributed by atoms with Crippen LogP contribution < -0.4 is 10.2 Å². The van der Waals surface area contributed by atoms with Gasteiger partial charge in [-0.15, -0.1) is 0 Å². The van der Waals surface area contributed by atoms with Crippen LogP contribution in [0.5, 0.6) is 0 Å². The Hall–Kier alpha value is -1.93. The number of hydroxylamine groups is 2. The Labute approximate surface area is 126 Å². The van der Waals surface area contributed by atoms with Crippen molar-refractivity contribution in [1.29, 1.82) is 0 Å². The molecular weight excluding hydrogens is 292 g/mol. The second-order valence-corrected chi connectivity index (χ2v) is 5.90. The molecule has 3 heterocycles. The summed E-state index contributed by atoms with van der Waals surface area (Å²) in [6.07, 6.45) is 4.68. The normalized spacial score (nSPS) is 22.1. The lowest BCUT2D eigenvalue weighted by atomic mass is 10.2. The third-order valence-electron chi connectivity index (χ3n) is 3.53. The number of nitrogens with one attached hydrogen (secondary N) is 1. The van der Waals surface area contributed by atoms with Crippen LogP contribution in [0.2, 0.25) is 0 Å².